The van der Waals surface area contributed by atoms with Crippen LogP contribution < -0.4 is 15.4 Å². The molecule has 0 heterocycles. The van der Waals surface area contributed by atoms with Gasteiger partial charge in [0.25, 0.3) is 0 Å². The van der Waals surface area contributed by atoms with E-state index < -0.39 is 5.82 Å². The molecule has 0 aliphatic carbocycles. The number of hydrogen-bond acceptors (Lipinski definition) is 3. The van der Waals surface area contributed by atoms with Crippen LogP contribution in [0.5, 0.6) is 5.75 Å². The van der Waals surface area contributed by atoms with Crippen LogP contribution >= 0.6 is 0 Å². The Hall–Kier alpha value is -2.31. The summed E-state index contributed by atoms with van der Waals surface area (Å²) < 4.78 is 18.7. The molecule has 0 saturated carbocycles. The predicted molar refractivity (Wildman–Crippen MR) is 93.7 cm³/mol. The van der Waals surface area contributed by atoms with E-state index in [0.29, 0.717) is 19.0 Å². The lowest BCUT2D eigenvalue weighted by molar-refractivity contribution is -0.120. The zero-order chi connectivity index (χ0) is 18.1. The molecule has 0 atom stereocenters. The largest absolute Gasteiger partial charge is 0.494 e. The summed E-state index contributed by atoms with van der Waals surface area (Å²) in [6, 6.07) is 4.91. The summed E-state index contributed by atoms with van der Waals surface area (Å²) in [7, 11) is 3.27. The fraction of sp³-hybridized carbons (Fsp3) is 0.529. The molecule has 0 radical (unpaired) electrons. The summed E-state index contributed by atoms with van der Waals surface area (Å²) in [5.74, 6) is 0.269. The number of nitrogens with one attached hydrogen (secondary N) is 2. The van der Waals surface area contributed by atoms with Gasteiger partial charge in [-0.25, -0.2) is 9.38 Å². The molecule has 0 spiro atoms. The van der Waals surface area contributed by atoms with E-state index in [2.05, 4.69) is 15.6 Å². The highest BCUT2D eigenvalue weighted by molar-refractivity contribution is 5.84. The van der Waals surface area contributed by atoms with Gasteiger partial charge in [-0.15, -0.1) is 0 Å². The number of aliphatic imine (C=N–C) groups is 1. The SMILES string of the molecule is CCNC(=NCC(=O)NC(C)C)N(C)Cc1ccc(OC)c(F)c1. The van der Waals surface area contributed by atoms with Gasteiger partial charge in [0.15, 0.2) is 17.5 Å². The smallest absolute Gasteiger partial charge is 0.242 e. The molecule has 1 amide bonds. The molecular weight excluding hydrogens is 311 g/mol. The predicted octanol–water partition coefficient (Wildman–Crippen LogP) is 1.76. The Morgan fingerprint density at radius 1 is 1.42 bits per heavy atom. The van der Waals surface area contributed by atoms with Crippen molar-refractivity contribution in [1.82, 2.24) is 15.5 Å². The molecule has 0 unspecified atom stereocenters. The second-order valence-corrected chi connectivity index (χ2v) is 5.72. The van der Waals surface area contributed by atoms with Crippen molar-refractivity contribution in [3.05, 3.63) is 29.6 Å². The molecule has 24 heavy (non-hydrogen) atoms. The van der Waals surface area contributed by atoms with E-state index in [-0.39, 0.29) is 24.2 Å². The molecule has 0 bridgehead atoms. The van der Waals surface area contributed by atoms with E-state index in [0.717, 1.165) is 5.56 Å². The number of carbonyl (C=O) groups excluding carboxylic acids is 1. The molecule has 6 nitrogen and oxygen atoms in total. The van der Waals surface area contributed by atoms with Gasteiger partial charge in [0.05, 0.1) is 7.11 Å². The van der Waals surface area contributed by atoms with Crippen LogP contribution in [-0.4, -0.2) is 50.1 Å². The number of methoxy groups -OCH3 is 1. The molecule has 1 aromatic carbocycles. The Kier molecular flexibility index (Phi) is 8.01. The molecule has 1 aromatic rings. The van der Waals surface area contributed by atoms with Gasteiger partial charge in [-0.1, -0.05) is 6.07 Å². The Balaban J connectivity index is 2.76. The quantitative estimate of drug-likeness (QED) is 0.587. The lowest BCUT2D eigenvalue weighted by Gasteiger charge is -2.22. The second kappa shape index (κ2) is 9.75. The van der Waals surface area contributed by atoms with Crippen molar-refractivity contribution in [2.45, 2.75) is 33.4 Å². The molecule has 2 N–H and O–H groups in total. The fourth-order valence-corrected chi connectivity index (χ4v) is 2.14. The van der Waals surface area contributed by atoms with E-state index in [1.807, 2.05) is 32.7 Å². The molecule has 0 saturated heterocycles. The van der Waals surface area contributed by atoms with Gasteiger partial charge in [0, 0.05) is 26.2 Å². The lowest BCUT2D eigenvalue weighted by Crippen LogP contribution is -2.40. The Morgan fingerprint density at radius 2 is 2.12 bits per heavy atom. The van der Waals surface area contributed by atoms with Gasteiger partial charge in [0.1, 0.15) is 6.54 Å². The number of guanidine groups is 1. The van der Waals surface area contributed by atoms with Crippen molar-refractivity contribution in [1.29, 1.82) is 0 Å². The monoisotopic (exact) mass is 338 g/mol. The zero-order valence-electron chi connectivity index (χ0n) is 15.0. The van der Waals surface area contributed by atoms with Crippen LogP contribution in [0.15, 0.2) is 23.2 Å². The number of ether oxygens (including phenoxy) is 1. The average molecular weight is 338 g/mol. The molecule has 0 aliphatic heterocycles. The third-order valence-corrected chi connectivity index (χ3v) is 3.15. The first kappa shape index (κ1) is 19.7. The van der Waals surface area contributed by atoms with Crippen LogP contribution in [-0.2, 0) is 11.3 Å². The zero-order valence-corrected chi connectivity index (χ0v) is 15.0. The number of halogens is 1. The molecule has 0 aromatic heterocycles. The Bertz CT molecular complexity index is 576. The molecule has 134 valence electrons. The molecule has 0 aliphatic rings. The number of carbonyl (C=O) groups is 1. The van der Waals surface area contributed by atoms with Gasteiger partial charge >= 0.3 is 0 Å². The van der Waals surface area contributed by atoms with Crippen LogP contribution in [0, 0.1) is 5.82 Å². The van der Waals surface area contributed by atoms with Crippen LogP contribution in [0.2, 0.25) is 0 Å². The van der Waals surface area contributed by atoms with E-state index in [1.54, 1.807) is 12.1 Å². The highest BCUT2D eigenvalue weighted by atomic mass is 19.1. The molecule has 1 rings (SSSR count). The highest BCUT2D eigenvalue weighted by Crippen LogP contribution is 2.18. The summed E-state index contributed by atoms with van der Waals surface area (Å²) in [5.41, 5.74) is 0.785. The van der Waals surface area contributed by atoms with Crippen LogP contribution in [0.1, 0.15) is 26.3 Å². The normalized spacial score (nSPS) is 11.4. The maximum absolute atomic E-state index is 13.8. The molecular formula is C17H27FN4O2. The minimum Gasteiger partial charge on any atom is -0.494 e. The number of hydrogen-bond donors (Lipinski definition) is 2. The third-order valence-electron chi connectivity index (χ3n) is 3.15. The van der Waals surface area contributed by atoms with Gasteiger partial charge in [0.2, 0.25) is 5.91 Å². The van der Waals surface area contributed by atoms with Crippen molar-refractivity contribution in [2.75, 3.05) is 27.2 Å². The standard InChI is InChI=1S/C17H27FN4O2/c1-6-19-17(20-10-16(23)21-12(2)3)22(4)11-13-7-8-15(24-5)14(18)9-13/h7-9,12H,6,10-11H2,1-5H3,(H,19,20)(H,21,23). The van der Waals surface area contributed by atoms with E-state index >= 15 is 0 Å². The molecule has 0 fully saturated rings. The Morgan fingerprint density at radius 3 is 2.67 bits per heavy atom. The number of amides is 1. The van der Waals surface area contributed by atoms with Gasteiger partial charge in [-0.3, -0.25) is 4.79 Å². The first-order chi connectivity index (χ1) is 11.4. The number of rotatable bonds is 7. The summed E-state index contributed by atoms with van der Waals surface area (Å²) >= 11 is 0. The first-order valence-electron chi connectivity index (χ1n) is 7.98. The topological polar surface area (TPSA) is 66.0 Å². The minimum atomic E-state index is -0.401. The number of nitrogens with zero attached hydrogens (tertiary/aromatic N) is 2. The van der Waals surface area contributed by atoms with Crippen LogP contribution in [0.25, 0.3) is 0 Å². The number of benzene rings is 1. The van der Waals surface area contributed by atoms with E-state index in [1.165, 1.54) is 13.2 Å². The van der Waals surface area contributed by atoms with Gasteiger partial charge < -0.3 is 20.3 Å². The van der Waals surface area contributed by atoms with Crippen molar-refractivity contribution in [3.63, 3.8) is 0 Å². The van der Waals surface area contributed by atoms with Crippen molar-refractivity contribution >= 4 is 11.9 Å². The summed E-state index contributed by atoms with van der Waals surface area (Å²) in [5, 5.41) is 5.92. The Labute approximate surface area is 143 Å². The summed E-state index contributed by atoms with van der Waals surface area (Å²) in [4.78, 5) is 17.9. The third kappa shape index (κ3) is 6.44. The van der Waals surface area contributed by atoms with Gasteiger partial charge in [-0.2, -0.15) is 0 Å². The van der Waals surface area contributed by atoms with Crippen LogP contribution in [0.3, 0.4) is 0 Å². The second-order valence-electron chi connectivity index (χ2n) is 5.72. The van der Waals surface area contributed by atoms with Crippen LogP contribution in [0.4, 0.5) is 4.39 Å². The van der Waals surface area contributed by atoms with Crippen molar-refractivity contribution in [3.8, 4) is 5.75 Å². The minimum absolute atomic E-state index is 0.0435. The highest BCUT2D eigenvalue weighted by Gasteiger charge is 2.10. The lowest BCUT2D eigenvalue weighted by atomic mass is 10.2. The maximum Gasteiger partial charge on any atom is 0.242 e. The van der Waals surface area contributed by atoms with Crippen molar-refractivity contribution in [2.24, 2.45) is 4.99 Å². The summed E-state index contributed by atoms with van der Waals surface area (Å²) in [6.45, 7) is 6.92. The van der Waals surface area contributed by atoms with Crippen molar-refractivity contribution < 1.29 is 13.9 Å². The summed E-state index contributed by atoms with van der Waals surface area (Å²) in [6.07, 6.45) is 0. The van der Waals surface area contributed by atoms with E-state index in [9.17, 15) is 9.18 Å². The maximum atomic E-state index is 13.8. The average Bonchev–Trinajstić information content (AvgIpc) is 2.50. The first-order valence-corrected chi connectivity index (χ1v) is 7.98. The fourth-order valence-electron chi connectivity index (χ4n) is 2.14. The molecule has 7 heteroatoms. The van der Waals surface area contributed by atoms with Gasteiger partial charge in [-0.05, 0) is 38.5 Å². The van der Waals surface area contributed by atoms with E-state index in [4.69, 9.17) is 4.74 Å².